The van der Waals surface area contributed by atoms with Crippen LogP contribution in [0.15, 0.2) is 18.2 Å². The molecule has 1 N–H and O–H groups in total. The molecule has 2 radical (unpaired) electrons. The van der Waals surface area contributed by atoms with Gasteiger partial charge in [0.25, 0.3) is 0 Å². The molecule has 1 amide bonds. The van der Waals surface area contributed by atoms with Crippen LogP contribution in [0.5, 0.6) is 0 Å². The molecule has 21 heavy (non-hydrogen) atoms. The van der Waals surface area contributed by atoms with E-state index in [2.05, 4.69) is 5.32 Å². The van der Waals surface area contributed by atoms with Gasteiger partial charge in [-0.15, -0.1) is 0 Å². The van der Waals surface area contributed by atoms with Crippen LogP contribution >= 0.6 is 0 Å². The third-order valence-corrected chi connectivity index (χ3v) is 2.57. The smallest absolute Gasteiger partial charge is 0.407 e. The molecule has 0 aliphatic heterocycles. The van der Waals surface area contributed by atoms with Crippen LogP contribution in [-0.2, 0) is 4.74 Å². The minimum absolute atomic E-state index is 0.0484. The summed E-state index contributed by atoms with van der Waals surface area (Å²) in [7, 11) is 5.41. The monoisotopic (exact) mass is 291 g/mol. The number of carbonyl (C=O) groups is 2. The van der Waals surface area contributed by atoms with Gasteiger partial charge in [0.05, 0.1) is 0 Å². The molecule has 0 unspecified atom stereocenters. The quantitative estimate of drug-likeness (QED) is 0.513. The number of nitrogens with one attached hydrogen (secondary N) is 1. The lowest BCUT2D eigenvalue weighted by Gasteiger charge is -2.19. The van der Waals surface area contributed by atoms with Crippen molar-refractivity contribution in [3.63, 3.8) is 0 Å². The number of hydrogen-bond acceptors (Lipinski definition) is 3. The highest BCUT2D eigenvalue weighted by Gasteiger charge is 2.15. The number of ether oxygens (including phenoxy) is 1. The Morgan fingerprint density at radius 3 is 2.57 bits per heavy atom. The zero-order valence-corrected chi connectivity index (χ0v) is 12.5. The Hall–Kier alpha value is -1.85. The fourth-order valence-corrected chi connectivity index (χ4v) is 1.62. The Labute approximate surface area is 125 Å². The van der Waals surface area contributed by atoms with Gasteiger partial charge in [0.15, 0.2) is 5.78 Å². The third-order valence-electron chi connectivity index (χ3n) is 2.57. The fraction of sp³-hybridized carbons (Fsp3) is 0.467. The van der Waals surface area contributed by atoms with Crippen molar-refractivity contribution in [1.29, 1.82) is 0 Å². The highest BCUT2D eigenvalue weighted by molar-refractivity contribution is 6.32. The van der Waals surface area contributed by atoms with Crippen LogP contribution in [0.3, 0.4) is 0 Å². The van der Waals surface area contributed by atoms with Gasteiger partial charge in [0.2, 0.25) is 0 Å². The topological polar surface area (TPSA) is 55.4 Å². The van der Waals surface area contributed by atoms with Gasteiger partial charge in [-0.3, -0.25) is 4.79 Å². The molecule has 0 fully saturated rings. The van der Waals surface area contributed by atoms with Crippen LogP contribution in [-0.4, -0.2) is 31.9 Å². The number of halogens is 1. The van der Waals surface area contributed by atoms with E-state index in [1.165, 1.54) is 18.2 Å². The average molecular weight is 291 g/mol. The highest BCUT2D eigenvalue weighted by atomic mass is 19.1. The van der Waals surface area contributed by atoms with E-state index in [0.717, 1.165) is 0 Å². The molecule has 112 valence electrons. The number of carbonyl (C=O) groups excluding carboxylic acids is 2. The minimum Gasteiger partial charge on any atom is -0.444 e. The summed E-state index contributed by atoms with van der Waals surface area (Å²) in [5.41, 5.74) is -0.232. The van der Waals surface area contributed by atoms with E-state index < -0.39 is 17.5 Å². The first kappa shape index (κ1) is 17.2. The van der Waals surface area contributed by atoms with Gasteiger partial charge in [-0.1, -0.05) is 11.5 Å². The zero-order chi connectivity index (χ0) is 16.0. The molecule has 0 atom stereocenters. The van der Waals surface area contributed by atoms with E-state index in [1.807, 2.05) is 0 Å². The van der Waals surface area contributed by atoms with Crippen LogP contribution in [0.4, 0.5) is 9.18 Å². The number of benzene rings is 1. The lowest BCUT2D eigenvalue weighted by atomic mass is 9.92. The van der Waals surface area contributed by atoms with Crippen molar-refractivity contribution in [3.05, 3.63) is 29.6 Å². The predicted molar refractivity (Wildman–Crippen MR) is 79.6 cm³/mol. The maximum Gasteiger partial charge on any atom is 0.407 e. The Bertz CT molecular complexity index is 526. The Morgan fingerprint density at radius 2 is 2.00 bits per heavy atom. The first-order valence-electron chi connectivity index (χ1n) is 6.74. The fourth-order valence-electron chi connectivity index (χ4n) is 1.62. The third kappa shape index (κ3) is 6.43. The number of rotatable bonds is 5. The Kier molecular flexibility index (Phi) is 5.94. The van der Waals surface area contributed by atoms with E-state index in [9.17, 15) is 14.0 Å². The summed E-state index contributed by atoms with van der Waals surface area (Å²) in [6.45, 7) is 5.65. The highest BCUT2D eigenvalue weighted by Crippen LogP contribution is 2.07. The minimum atomic E-state index is -0.550. The van der Waals surface area contributed by atoms with E-state index in [0.29, 0.717) is 18.5 Å². The van der Waals surface area contributed by atoms with Crippen LogP contribution in [0, 0.1) is 5.82 Å². The van der Waals surface area contributed by atoms with Crippen molar-refractivity contribution >= 4 is 25.2 Å². The normalized spacial score (nSPS) is 11.0. The predicted octanol–water partition coefficient (Wildman–Crippen LogP) is 2.11. The lowest BCUT2D eigenvalue weighted by Crippen LogP contribution is -2.33. The molecule has 4 nitrogen and oxygen atoms in total. The maximum atomic E-state index is 13.0. The van der Waals surface area contributed by atoms with Crippen LogP contribution < -0.4 is 10.8 Å². The maximum absolute atomic E-state index is 13.0. The first-order valence-corrected chi connectivity index (χ1v) is 6.74. The molecule has 1 rings (SSSR count). The molecule has 0 saturated heterocycles. The lowest BCUT2D eigenvalue weighted by molar-refractivity contribution is 0.0525. The molecular formula is C15H19BFNO3. The second-order valence-electron chi connectivity index (χ2n) is 5.69. The van der Waals surface area contributed by atoms with Gasteiger partial charge < -0.3 is 10.1 Å². The number of hydrogen-bond donors (Lipinski definition) is 1. The number of ketones is 1. The largest absolute Gasteiger partial charge is 0.444 e. The summed E-state index contributed by atoms with van der Waals surface area (Å²) in [5.74, 6) is -0.689. The molecule has 0 aromatic heterocycles. The Morgan fingerprint density at radius 1 is 1.33 bits per heavy atom. The van der Waals surface area contributed by atoms with E-state index >= 15 is 0 Å². The van der Waals surface area contributed by atoms with Crippen molar-refractivity contribution in [2.24, 2.45) is 0 Å². The van der Waals surface area contributed by atoms with Crippen LogP contribution in [0.2, 0.25) is 0 Å². The molecule has 0 heterocycles. The molecule has 6 heteroatoms. The molecule has 0 bridgehead atoms. The summed E-state index contributed by atoms with van der Waals surface area (Å²) in [6, 6.07) is 3.88. The standard InChI is InChI=1S/C15H19BFNO3/c1-15(2,3)21-14(20)18-8-4-5-13(19)10-6-7-12(17)11(16)9-10/h6-7,9H,4-5,8H2,1-3H3,(H,18,20). The second-order valence-corrected chi connectivity index (χ2v) is 5.69. The molecule has 0 saturated carbocycles. The van der Waals surface area contributed by atoms with Gasteiger partial charge >= 0.3 is 6.09 Å². The average Bonchev–Trinajstić information content (AvgIpc) is 2.35. The second kappa shape index (κ2) is 7.25. The molecule has 1 aromatic rings. The van der Waals surface area contributed by atoms with Crippen LogP contribution in [0.1, 0.15) is 44.0 Å². The molecule has 0 aliphatic rings. The number of Topliss-reactive ketones (excluding diaryl/α,β-unsaturated/α-hetero) is 1. The van der Waals surface area contributed by atoms with Gasteiger partial charge in [-0.25, -0.2) is 9.18 Å². The SMILES string of the molecule is [B]c1cc(C(=O)CCCNC(=O)OC(C)(C)C)ccc1F. The van der Waals surface area contributed by atoms with Crippen molar-refractivity contribution in [1.82, 2.24) is 5.32 Å². The van der Waals surface area contributed by atoms with Crippen molar-refractivity contribution in [2.45, 2.75) is 39.2 Å². The van der Waals surface area contributed by atoms with Crippen LogP contribution in [0.25, 0.3) is 0 Å². The number of alkyl carbamates (subject to hydrolysis) is 1. The zero-order valence-electron chi connectivity index (χ0n) is 12.5. The Balaban J connectivity index is 2.34. The summed E-state index contributed by atoms with van der Waals surface area (Å²) in [5, 5.41) is 2.57. The molecule has 0 spiro atoms. The van der Waals surface area contributed by atoms with Crippen molar-refractivity contribution in [3.8, 4) is 0 Å². The number of amides is 1. The van der Waals surface area contributed by atoms with Gasteiger partial charge in [0, 0.05) is 18.5 Å². The molecular weight excluding hydrogens is 272 g/mol. The molecule has 1 aromatic carbocycles. The molecule has 0 aliphatic carbocycles. The van der Waals surface area contributed by atoms with Gasteiger partial charge in [0.1, 0.15) is 19.3 Å². The van der Waals surface area contributed by atoms with E-state index in [4.69, 9.17) is 12.6 Å². The summed E-state index contributed by atoms with van der Waals surface area (Å²) in [6.07, 6.45) is 0.192. The van der Waals surface area contributed by atoms with Crippen molar-refractivity contribution < 1.29 is 18.7 Å². The first-order chi connectivity index (χ1) is 9.69. The summed E-state index contributed by atoms with van der Waals surface area (Å²) >= 11 is 0. The summed E-state index contributed by atoms with van der Waals surface area (Å²) < 4.78 is 18.1. The van der Waals surface area contributed by atoms with E-state index in [-0.39, 0.29) is 17.7 Å². The summed E-state index contributed by atoms with van der Waals surface area (Å²) in [4.78, 5) is 23.2. The van der Waals surface area contributed by atoms with Gasteiger partial charge in [-0.2, -0.15) is 0 Å². The van der Waals surface area contributed by atoms with E-state index in [1.54, 1.807) is 20.8 Å². The van der Waals surface area contributed by atoms with Crippen molar-refractivity contribution in [2.75, 3.05) is 6.54 Å². The van der Waals surface area contributed by atoms with Gasteiger partial charge in [-0.05, 0) is 39.3 Å².